The number of pyridine rings is 1. The third-order valence-corrected chi connectivity index (χ3v) is 5.07. The summed E-state index contributed by atoms with van der Waals surface area (Å²) < 4.78 is 5.54. The maximum Gasteiger partial charge on any atom is 0.253 e. The Morgan fingerprint density at radius 2 is 2.04 bits per heavy atom. The number of amides is 1. The van der Waals surface area contributed by atoms with Gasteiger partial charge in [0, 0.05) is 24.4 Å². The highest BCUT2D eigenvalue weighted by molar-refractivity contribution is 5.95. The van der Waals surface area contributed by atoms with E-state index in [1.807, 2.05) is 18.2 Å². The van der Waals surface area contributed by atoms with Crippen LogP contribution in [0.5, 0.6) is 5.75 Å². The Labute approximate surface area is 147 Å². The molecule has 0 saturated heterocycles. The molecular formula is C20H22N2O3. The Morgan fingerprint density at radius 3 is 2.92 bits per heavy atom. The van der Waals surface area contributed by atoms with Gasteiger partial charge in [-0.2, -0.15) is 0 Å². The number of rotatable bonds is 3. The quantitative estimate of drug-likeness (QED) is 0.903. The lowest BCUT2D eigenvalue weighted by Crippen LogP contribution is -2.45. The van der Waals surface area contributed by atoms with E-state index in [0.29, 0.717) is 5.56 Å². The summed E-state index contributed by atoms with van der Waals surface area (Å²) in [4.78, 5) is 16.8. The van der Waals surface area contributed by atoms with Gasteiger partial charge in [-0.25, -0.2) is 0 Å². The Bertz CT molecular complexity index is 790. The molecule has 1 saturated carbocycles. The van der Waals surface area contributed by atoms with Crippen LogP contribution in [0, 0.1) is 0 Å². The molecule has 2 aliphatic rings. The molecule has 130 valence electrons. The maximum atomic E-state index is 12.5. The van der Waals surface area contributed by atoms with Crippen LogP contribution in [0.3, 0.4) is 0 Å². The first kappa shape index (κ1) is 16.1. The predicted molar refractivity (Wildman–Crippen MR) is 94.6 cm³/mol. The van der Waals surface area contributed by atoms with Crippen molar-refractivity contribution in [3.8, 4) is 16.9 Å². The van der Waals surface area contributed by atoms with Crippen LogP contribution in [0.1, 0.15) is 41.6 Å². The zero-order valence-electron chi connectivity index (χ0n) is 14.1. The SMILES string of the molecule is O=C(NC1CCCCC1O)c1cncc(-c2ccc3c(c2)CCO3)c1. The fourth-order valence-electron chi connectivity index (χ4n) is 3.62. The Hall–Kier alpha value is -2.40. The average molecular weight is 338 g/mol. The van der Waals surface area contributed by atoms with Gasteiger partial charge in [-0.3, -0.25) is 9.78 Å². The van der Waals surface area contributed by atoms with E-state index in [1.54, 1.807) is 12.4 Å². The topological polar surface area (TPSA) is 71.5 Å². The number of nitrogens with one attached hydrogen (secondary N) is 1. The van der Waals surface area contributed by atoms with Crippen molar-refractivity contribution in [3.05, 3.63) is 47.8 Å². The van der Waals surface area contributed by atoms with Crippen molar-refractivity contribution in [3.63, 3.8) is 0 Å². The molecule has 4 rings (SSSR count). The molecule has 1 amide bonds. The number of aliphatic hydroxyl groups excluding tert-OH is 1. The Kier molecular flexibility index (Phi) is 4.40. The summed E-state index contributed by atoms with van der Waals surface area (Å²) in [6.07, 6.45) is 7.44. The van der Waals surface area contributed by atoms with Crippen molar-refractivity contribution < 1.29 is 14.6 Å². The fraction of sp³-hybridized carbons (Fsp3) is 0.400. The third kappa shape index (κ3) is 3.37. The molecule has 2 atom stereocenters. The highest BCUT2D eigenvalue weighted by atomic mass is 16.5. The largest absolute Gasteiger partial charge is 0.493 e. The molecule has 1 aliphatic carbocycles. The van der Waals surface area contributed by atoms with E-state index >= 15 is 0 Å². The van der Waals surface area contributed by atoms with E-state index in [1.165, 1.54) is 5.56 Å². The molecule has 2 aromatic rings. The summed E-state index contributed by atoms with van der Waals surface area (Å²) >= 11 is 0. The van der Waals surface area contributed by atoms with E-state index in [0.717, 1.165) is 55.6 Å². The molecule has 2 unspecified atom stereocenters. The van der Waals surface area contributed by atoms with Crippen molar-refractivity contribution in [1.29, 1.82) is 0 Å². The molecule has 0 radical (unpaired) electrons. The van der Waals surface area contributed by atoms with Gasteiger partial charge in [0.05, 0.1) is 24.3 Å². The van der Waals surface area contributed by atoms with E-state index in [9.17, 15) is 9.90 Å². The normalized spacial score (nSPS) is 22.1. The van der Waals surface area contributed by atoms with Gasteiger partial charge in [0.2, 0.25) is 0 Å². The van der Waals surface area contributed by atoms with Crippen LogP contribution in [0.2, 0.25) is 0 Å². The number of aromatic nitrogens is 1. The maximum absolute atomic E-state index is 12.5. The first-order chi connectivity index (χ1) is 12.2. The molecule has 0 spiro atoms. The fourth-order valence-corrected chi connectivity index (χ4v) is 3.62. The van der Waals surface area contributed by atoms with Gasteiger partial charge in [-0.1, -0.05) is 18.9 Å². The van der Waals surface area contributed by atoms with Crippen LogP contribution in [0.4, 0.5) is 0 Å². The highest BCUT2D eigenvalue weighted by Gasteiger charge is 2.25. The summed E-state index contributed by atoms with van der Waals surface area (Å²) in [5, 5.41) is 13.0. The molecule has 5 nitrogen and oxygen atoms in total. The van der Waals surface area contributed by atoms with Crippen LogP contribution >= 0.6 is 0 Å². The highest BCUT2D eigenvalue weighted by Crippen LogP contribution is 2.30. The molecular weight excluding hydrogens is 316 g/mol. The van der Waals surface area contributed by atoms with E-state index in [-0.39, 0.29) is 11.9 Å². The summed E-state index contributed by atoms with van der Waals surface area (Å²) in [5.74, 6) is 0.765. The number of carbonyl (C=O) groups is 1. The zero-order chi connectivity index (χ0) is 17.2. The lowest BCUT2D eigenvalue weighted by molar-refractivity contribution is 0.0717. The average Bonchev–Trinajstić information content (AvgIpc) is 3.11. The van der Waals surface area contributed by atoms with Gasteiger partial charge in [0.1, 0.15) is 5.75 Å². The summed E-state index contributed by atoms with van der Waals surface area (Å²) in [5.41, 5.74) is 3.65. The van der Waals surface area contributed by atoms with Crippen LogP contribution in [-0.2, 0) is 6.42 Å². The second kappa shape index (κ2) is 6.84. The minimum atomic E-state index is -0.453. The number of hydrogen-bond donors (Lipinski definition) is 2. The minimum absolute atomic E-state index is 0.165. The predicted octanol–water partition coefficient (Wildman–Crippen LogP) is 2.72. The smallest absolute Gasteiger partial charge is 0.253 e. The van der Waals surface area contributed by atoms with Crippen LogP contribution in [0.15, 0.2) is 36.7 Å². The van der Waals surface area contributed by atoms with Crippen molar-refractivity contribution in [1.82, 2.24) is 10.3 Å². The van der Waals surface area contributed by atoms with E-state index in [2.05, 4.69) is 16.4 Å². The molecule has 5 heteroatoms. The lowest BCUT2D eigenvalue weighted by atomic mass is 9.92. The molecule has 1 fully saturated rings. The van der Waals surface area contributed by atoms with Gasteiger partial charge in [-0.05, 0) is 42.2 Å². The van der Waals surface area contributed by atoms with Crippen LogP contribution in [-0.4, -0.2) is 34.8 Å². The van der Waals surface area contributed by atoms with Crippen LogP contribution in [0.25, 0.3) is 11.1 Å². The third-order valence-electron chi connectivity index (χ3n) is 5.07. The van der Waals surface area contributed by atoms with Gasteiger partial charge in [0.15, 0.2) is 0 Å². The van der Waals surface area contributed by atoms with Crippen LogP contribution < -0.4 is 10.1 Å². The summed E-state index contributed by atoms with van der Waals surface area (Å²) in [6, 6.07) is 7.76. The minimum Gasteiger partial charge on any atom is -0.493 e. The monoisotopic (exact) mass is 338 g/mol. The molecule has 2 heterocycles. The summed E-state index contributed by atoms with van der Waals surface area (Å²) in [6.45, 7) is 0.725. The first-order valence-corrected chi connectivity index (χ1v) is 8.91. The molecule has 1 aromatic carbocycles. The van der Waals surface area contributed by atoms with Gasteiger partial charge in [-0.15, -0.1) is 0 Å². The number of nitrogens with zero attached hydrogens (tertiary/aromatic N) is 1. The molecule has 1 aliphatic heterocycles. The first-order valence-electron chi connectivity index (χ1n) is 8.91. The molecule has 1 aromatic heterocycles. The van der Waals surface area contributed by atoms with Crippen molar-refractivity contribution in [2.24, 2.45) is 0 Å². The molecule has 25 heavy (non-hydrogen) atoms. The molecule has 2 N–H and O–H groups in total. The second-order valence-corrected chi connectivity index (χ2v) is 6.82. The number of fused-ring (bicyclic) bond motifs is 1. The number of ether oxygens (including phenoxy) is 1. The zero-order valence-corrected chi connectivity index (χ0v) is 14.1. The standard InChI is InChI=1S/C20H22N2O3/c23-18-4-2-1-3-17(18)22-20(24)16-10-15(11-21-12-16)13-5-6-19-14(9-13)7-8-25-19/h5-6,9-12,17-18,23H,1-4,7-8H2,(H,22,24). The van der Waals surface area contributed by atoms with Gasteiger partial charge in [0.25, 0.3) is 5.91 Å². The van der Waals surface area contributed by atoms with E-state index < -0.39 is 6.10 Å². The second-order valence-electron chi connectivity index (χ2n) is 6.82. The Balaban J connectivity index is 1.54. The number of carbonyl (C=O) groups excluding carboxylic acids is 1. The van der Waals surface area contributed by atoms with Crippen molar-refractivity contribution in [2.75, 3.05) is 6.61 Å². The number of aliphatic hydroxyl groups is 1. The van der Waals surface area contributed by atoms with E-state index in [4.69, 9.17) is 4.74 Å². The lowest BCUT2D eigenvalue weighted by Gasteiger charge is -2.28. The van der Waals surface area contributed by atoms with Crippen molar-refractivity contribution >= 4 is 5.91 Å². The Morgan fingerprint density at radius 1 is 1.16 bits per heavy atom. The van der Waals surface area contributed by atoms with Crippen molar-refractivity contribution in [2.45, 2.75) is 44.2 Å². The van der Waals surface area contributed by atoms with Gasteiger partial charge >= 0.3 is 0 Å². The molecule has 0 bridgehead atoms. The van der Waals surface area contributed by atoms with Gasteiger partial charge < -0.3 is 15.2 Å². The number of hydrogen-bond acceptors (Lipinski definition) is 4. The summed E-state index contributed by atoms with van der Waals surface area (Å²) in [7, 11) is 0. The number of benzene rings is 1.